The molecule has 0 aliphatic heterocycles. The fourth-order valence-electron chi connectivity index (χ4n) is 1.08. The molecule has 6 heteroatoms. The molecule has 2 rings (SSSR count). The highest BCUT2D eigenvalue weighted by molar-refractivity contribution is 7.15. The fourth-order valence-corrected chi connectivity index (χ4v) is 1.69. The smallest absolute Gasteiger partial charge is 0.233 e. The van der Waals surface area contributed by atoms with E-state index >= 15 is 0 Å². The van der Waals surface area contributed by atoms with Crippen LogP contribution in [-0.4, -0.2) is 16.1 Å². The van der Waals surface area contributed by atoms with Crippen molar-refractivity contribution < 1.29 is 9.21 Å². The molecule has 0 saturated carbocycles. The number of carbonyl (C=O) groups is 1. The summed E-state index contributed by atoms with van der Waals surface area (Å²) in [6.07, 6.45) is 1.75. The summed E-state index contributed by atoms with van der Waals surface area (Å²) in [6.45, 7) is 1.83. The van der Waals surface area contributed by atoms with Crippen LogP contribution in [-0.2, 0) is 11.2 Å². The first-order valence-corrected chi connectivity index (χ1v) is 5.18. The molecule has 2 aromatic rings. The molecule has 0 atom stereocenters. The molecule has 0 saturated heterocycles. The van der Waals surface area contributed by atoms with Crippen molar-refractivity contribution in [3.63, 3.8) is 0 Å². The lowest BCUT2D eigenvalue weighted by Gasteiger charge is -1.97. The van der Waals surface area contributed by atoms with Crippen LogP contribution in [0.2, 0.25) is 0 Å². The Morgan fingerprint density at radius 2 is 2.47 bits per heavy atom. The Hall–Kier alpha value is -1.69. The quantitative estimate of drug-likeness (QED) is 0.858. The van der Waals surface area contributed by atoms with Gasteiger partial charge >= 0.3 is 0 Å². The summed E-state index contributed by atoms with van der Waals surface area (Å²) < 4.78 is 5.05. The number of hydrogen-bond acceptors (Lipinski definition) is 5. The van der Waals surface area contributed by atoms with E-state index in [1.807, 2.05) is 6.92 Å². The first kappa shape index (κ1) is 9.85. The predicted molar refractivity (Wildman–Crippen MR) is 55.7 cm³/mol. The minimum Gasteiger partial charge on any atom is -0.469 e. The van der Waals surface area contributed by atoms with Gasteiger partial charge < -0.3 is 9.73 Å². The van der Waals surface area contributed by atoms with E-state index in [1.54, 1.807) is 12.1 Å². The second kappa shape index (κ2) is 4.22. The van der Waals surface area contributed by atoms with E-state index in [0.29, 0.717) is 10.9 Å². The monoisotopic (exact) mass is 223 g/mol. The standard InChI is InChI=1S/C9H9N3O2S/c1-6-11-12-9(15-6)10-8(13)5-7-3-2-4-14-7/h2-4H,5H2,1H3,(H,10,12,13). The van der Waals surface area contributed by atoms with E-state index in [9.17, 15) is 4.79 Å². The van der Waals surface area contributed by atoms with Crippen LogP contribution in [0.1, 0.15) is 10.8 Å². The molecule has 1 N–H and O–H groups in total. The topological polar surface area (TPSA) is 68.0 Å². The van der Waals surface area contributed by atoms with Crippen LogP contribution in [0.3, 0.4) is 0 Å². The summed E-state index contributed by atoms with van der Waals surface area (Å²) in [5.74, 6) is 0.481. The third kappa shape index (κ3) is 2.63. The molecule has 0 bridgehead atoms. The van der Waals surface area contributed by atoms with Crippen molar-refractivity contribution in [1.82, 2.24) is 10.2 Å². The number of anilines is 1. The molecular weight excluding hydrogens is 214 g/mol. The van der Waals surface area contributed by atoms with Gasteiger partial charge in [-0.1, -0.05) is 11.3 Å². The molecular formula is C9H9N3O2S. The van der Waals surface area contributed by atoms with E-state index < -0.39 is 0 Å². The molecule has 78 valence electrons. The number of nitrogens with zero attached hydrogens (tertiary/aromatic N) is 2. The number of nitrogens with one attached hydrogen (secondary N) is 1. The lowest BCUT2D eigenvalue weighted by molar-refractivity contribution is -0.115. The zero-order valence-corrected chi connectivity index (χ0v) is 8.87. The number of amides is 1. The van der Waals surface area contributed by atoms with Gasteiger partial charge in [0.1, 0.15) is 10.8 Å². The van der Waals surface area contributed by atoms with Gasteiger partial charge in [0.05, 0.1) is 12.7 Å². The van der Waals surface area contributed by atoms with Gasteiger partial charge in [0, 0.05) is 0 Å². The van der Waals surface area contributed by atoms with Crippen LogP contribution in [0.25, 0.3) is 0 Å². The molecule has 0 spiro atoms. The number of aromatic nitrogens is 2. The van der Waals surface area contributed by atoms with Crippen LogP contribution in [0, 0.1) is 6.92 Å². The highest BCUT2D eigenvalue weighted by Gasteiger charge is 2.08. The summed E-state index contributed by atoms with van der Waals surface area (Å²) in [6, 6.07) is 3.50. The molecule has 0 aliphatic rings. The Morgan fingerprint density at radius 1 is 1.60 bits per heavy atom. The van der Waals surface area contributed by atoms with Crippen LogP contribution in [0.4, 0.5) is 5.13 Å². The maximum Gasteiger partial charge on any atom is 0.233 e. The average molecular weight is 223 g/mol. The van der Waals surface area contributed by atoms with Crippen molar-refractivity contribution in [3.8, 4) is 0 Å². The van der Waals surface area contributed by atoms with Crippen molar-refractivity contribution >= 4 is 22.4 Å². The summed E-state index contributed by atoms with van der Waals surface area (Å²) in [5, 5.41) is 11.6. The molecule has 0 aromatic carbocycles. The highest BCUT2D eigenvalue weighted by Crippen LogP contribution is 2.14. The molecule has 2 aromatic heterocycles. The van der Waals surface area contributed by atoms with Gasteiger partial charge in [0.15, 0.2) is 0 Å². The van der Waals surface area contributed by atoms with E-state index in [-0.39, 0.29) is 12.3 Å². The van der Waals surface area contributed by atoms with Gasteiger partial charge in [-0.2, -0.15) is 0 Å². The molecule has 0 fully saturated rings. The van der Waals surface area contributed by atoms with E-state index in [0.717, 1.165) is 5.01 Å². The van der Waals surface area contributed by atoms with E-state index in [2.05, 4.69) is 15.5 Å². The maximum absolute atomic E-state index is 11.5. The van der Waals surface area contributed by atoms with Crippen molar-refractivity contribution in [2.24, 2.45) is 0 Å². The Labute approximate surface area is 90.1 Å². The molecule has 2 heterocycles. The van der Waals surface area contributed by atoms with Gasteiger partial charge in [-0.05, 0) is 19.1 Å². The summed E-state index contributed by atoms with van der Waals surface area (Å²) in [5.41, 5.74) is 0. The molecule has 1 amide bonds. The lowest BCUT2D eigenvalue weighted by Crippen LogP contribution is -2.13. The zero-order chi connectivity index (χ0) is 10.7. The SMILES string of the molecule is Cc1nnc(NC(=O)Cc2ccco2)s1. The first-order chi connectivity index (χ1) is 7.24. The third-order valence-electron chi connectivity index (χ3n) is 1.69. The summed E-state index contributed by atoms with van der Waals surface area (Å²) >= 11 is 1.34. The summed E-state index contributed by atoms with van der Waals surface area (Å²) in [7, 11) is 0. The number of aryl methyl sites for hydroxylation is 1. The van der Waals surface area contributed by atoms with Crippen LogP contribution in [0.5, 0.6) is 0 Å². The minimum absolute atomic E-state index is 0.152. The Kier molecular flexibility index (Phi) is 2.77. The Balaban J connectivity index is 1.93. The maximum atomic E-state index is 11.5. The number of hydrogen-bond donors (Lipinski definition) is 1. The fraction of sp³-hybridized carbons (Fsp3) is 0.222. The van der Waals surface area contributed by atoms with Gasteiger partial charge in [-0.15, -0.1) is 10.2 Å². The van der Waals surface area contributed by atoms with Crippen molar-refractivity contribution in [2.45, 2.75) is 13.3 Å². The molecule has 5 nitrogen and oxygen atoms in total. The van der Waals surface area contributed by atoms with Crippen LogP contribution < -0.4 is 5.32 Å². The Bertz CT molecular complexity index is 450. The van der Waals surface area contributed by atoms with Crippen molar-refractivity contribution in [2.75, 3.05) is 5.32 Å². The molecule has 15 heavy (non-hydrogen) atoms. The van der Waals surface area contributed by atoms with E-state index in [4.69, 9.17) is 4.42 Å². The predicted octanol–water partition coefficient (Wildman–Crippen LogP) is 1.62. The molecule has 0 aliphatic carbocycles. The molecule has 0 unspecified atom stereocenters. The van der Waals surface area contributed by atoms with E-state index in [1.165, 1.54) is 17.6 Å². The van der Waals surface area contributed by atoms with Crippen LogP contribution in [0.15, 0.2) is 22.8 Å². The second-order valence-electron chi connectivity index (χ2n) is 2.93. The minimum atomic E-state index is -0.152. The van der Waals surface area contributed by atoms with Gasteiger partial charge in [0.25, 0.3) is 0 Å². The zero-order valence-electron chi connectivity index (χ0n) is 8.06. The second-order valence-corrected chi connectivity index (χ2v) is 4.11. The van der Waals surface area contributed by atoms with Gasteiger partial charge in [-0.3, -0.25) is 4.79 Å². The number of carbonyl (C=O) groups excluding carboxylic acids is 1. The lowest BCUT2D eigenvalue weighted by atomic mass is 10.3. The highest BCUT2D eigenvalue weighted by atomic mass is 32.1. The first-order valence-electron chi connectivity index (χ1n) is 4.36. The number of furan rings is 1. The van der Waals surface area contributed by atoms with Crippen molar-refractivity contribution in [1.29, 1.82) is 0 Å². The third-order valence-corrected chi connectivity index (χ3v) is 2.44. The number of rotatable bonds is 3. The largest absolute Gasteiger partial charge is 0.469 e. The van der Waals surface area contributed by atoms with Crippen molar-refractivity contribution in [3.05, 3.63) is 29.2 Å². The molecule has 0 radical (unpaired) electrons. The van der Waals surface area contributed by atoms with Crippen LogP contribution >= 0.6 is 11.3 Å². The summed E-state index contributed by atoms with van der Waals surface area (Å²) in [4.78, 5) is 11.5. The van der Waals surface area contributed by atoms with Gasteiger partial charge in [0.2, 0.25) is 11.0 Å². The Morgan fingerprint density at radius 3 is 3.07 bits per heavy atom. The normalized spacial score (nSPS) is 10.2. The van der Waals surface area contributed by atoms with Gasteiger partial charge in [-0.25, -0.2) is 0 Å². The average Bonchev–Trinajstić information content (AvgIpc) is 2.77.